The van der Waals surface area contributed by atoms with Crippen LogP contribution in [0, 0.1) is 0 Å². The molecule has 1 aromatic heterocycles. The van der Waals surface area contributed by atoms with Gasteiger partial charge in [-0.05, 0) is 22.3 Å². The van der Waals surface area contributed by atoms with Gasteiger partial charge in [-0.2, -0.15) is 0 Å². The van der Waals surface area contributed by atoms with Gasteiger partial charge in [0.15, 0.2) is 5.69 Å². The average Bonchev–Trinajstić information content (AvgIpc) is 3.10. The number of benzene rings is 2. The van der Waals surface area contributed by atoms with E-state index in [0.717, 1.165) is 5.56 Å². The number of hydrogen-bond donors (Lipinski definition) is 0. The van der Waals surface area contributed by atoms with Crippen molar-refractivity contribution < 1.29 is 14.1 Å². The lowest BCUT2D eigenvalue weighted by Gasteiger charge is -2.38. The summed E-state index contributed by atoms with van der Waals surface area (Å²) in [5, 5.41) is 6.31. The Bertz CT molecular complexity index is 920. The number of carbonyl (C=O) groups is 1. The molecule has 0 unspecified atom stereocenters. The number of nitrogens with zero attached hydrogens (tertiary/aromatic N) is 2. The van der Waals surface area contributed by atoms with Crippen molar-refractivity contribution in [2.24, 2.45) is 0 Å². The normalized spacial score (nSPS) is 14.8. The number of rotatable bonds is 5. The van der Waals surface area contributed by atoms with Crippen molar-refractivity contribution in [1.29, 1.82) is 0 Å². The minimum Gasteiger partial charge on any atom is -0.370 e. The topological polar surface area (TPSA) is 55.6 Å². The number of ether oxygens (including phenoxy) is 1. The maximum absolute atomic E-state index is 12.6. The molecule has 0 saturated carbocycles. The summed E-state index contributed by atoms with van der Waals surface area (Å²) in [6, 6.07) is 14.5. The maximum atomic E-state index is 12.6. The van der Waals surface area contributed by atoms with Gasteiger partial charge in [-0.15, -0.1) is 0 Å². The molecule has 0 atom stereocenters. The second-order valence-corrected chi connectivity index (χ2v) is 7.05. The lowest BCUT2D eigenvalue weighted by molar-refractivity contribution is -0.0503. The molecule has 5 heteroatoms. The predicted molar refractivity (Wildman–Crippen MR) is 99.0 cm³/mol. The lowest BCUT2D eigenvalue weighted by Crippen LogP contribution is -2.54. The van der Waals surface area contributed by atoms with E-state index in [0.29, 0.717) is 25.4 Å². The van der Waals surface area contributed by atoms with Crippen LogP contribution in [0.5, 0.6) is 0 Å². The minimum absolute atomic E-state index is 0.0623. The van der Waals surface area contributed by atoms with Crippen LogP contribution in [0.25, 0.3) is 10.8 Å². The Morgan fingerprint density at radius 1 is 1.23 bits per heavy atom. The Labute approximate surface area is 152 Å². The van der Waals surface area contributed by atoms with Crippen LogP contribution < -0.4 is 0 Å². The molecule has 1 aliphatic heterocycles. The molecule has 2 heterocycles. The Kier molecular flexibility index (Phi) is 4.47. The van der Waals surface area contributed by atoms with E-state index in [1.807, 2.05) is 26.0 Å². The zero-order valence-electron chi connectivity index (χ0n) is 15.0. The second kappa shape index (κ2) is 6.92. The van der Waals surface area contributed by atoms with Gasteiger partial charge in [0.1, 0.15) is 6.26 Å². The molecule has 1 aliphatic rings. The number of likely N-dealkylation sites (tertiary alicyclic amines) is 1. The maximum Gasteiger partial charge on any atom is 0.276 e. The number of aromatic nitrogens is 1. The molecule has 1 amide bonds. The van der Waals surface area contributed by atoms with Crippen molar-refractivity contribution in [3.05, 3.63) is 65.5 Å². The highest BCUT2D eigenvalue weighted by molar-refractivity contribution is 5.94. The van der Waals surface area contributed by atoms with Crippen LogP contribution in [0.1, 0.15) is 41.4 Å². The highest BCUT2D eigenvalue weighted by Gasteiger charge is 2.34. The summed E-state index contributed by atoms with van der Waals surface area (Å²) >= 11 is 0. The van der Waals surface area contributed by atoms with Crippen molar-refractivity contribution in [2.45, 2.75) is 32.5 Å². The summed E-state index contributed by atoms with van der Waals surface area (Å²) in [5.74, 6) is 0.132. The molecular formula is C21H22N2O3. The largest absolute Gasteiger partial charge is 0.370 e. The van der Waals surface area contributed by atoms with Crippen molar-refractivity contribution in [2.75, 3.05) is 13.1 Å². The van der Waals surface area contributed by atoms with Gasteiger partial charge in [-0.1, -0.05) is 61.5 Å². The molecule has 1 fully saturated rings. The SMILES string of the molecule is CC(C)c1conc1C(=O)N1CC(OCc2cccc3ccccc23)C1. The summed E-state index contributed by atoms with van der Waals surface area (Å²) in [6.45, 7) is 5.78. The van der Waals surface area contributed by atoms with Gasteiger partial charge in [0, 0.05) is 18.7 Å². The predicted octanol–water partition coefficient (Wildman–Crippen LogP) is 3.99. The highest BCUT2D eigenvalue weighted by atomic mass is 16.5. The molecule has 26 heavy (non-hydrogen) atoms. The monoisotopic (exact) mass is 350 g/mol. The summed E-state index contributed by atoms with van der Waals surface area (Å²) in [7, 11) is 0. The Morgan fingerprint density at radius 2 is 2.00 bits per heavy atom. The number of amides is 1. The van der Waals surface area contributed by atoms with E-state index in [1.54, 1.807) is 11.2 Å². The van der Waals surface area contributed by atoms with Gasteiger partial charge in [0.2, 0.25) is 0 Å². The molecule has 4 rings (SSSR count). The zero-order chi connectivity index (χ0) is 18.1. The molecule has 3 aromatic rings. The van der Waals surface area contributed by atoms with E-state index in [9.17, 15) is 4.79 Å². The number of carbonyl (C=O) groups excluding carboxylic acids is 1. The van der Waals surface area contributed by atoms with Crippen LogP contribution in [0.2, 0.25) is 0 Å². The number of hydrogen-bond acceptors (Lipinski definition) is 4. The van der Waals surface area contributed by atoms with E-state index < -0.39 is 0 Å². The van der Waals surface area contributed by atoms with Gasteiger partial charge < -0.3 is 14.2 Å². The molecule has 0 spiro atoms. The molecule has 134 valence electrons. The van der Waals surface area contributed by atoms with Crippen molar-refractivity contribution in [1.82, 2.24) is 10.1 Å². The number of fused-ring (bicyclic) bond motifs is 1. The smallest absolute Gasteiger partial charge is 0.276 e. The van der Waals surface area contributed by atoms with Crippen molar-refractivity contribution in [3.63, 3.8) is 0 Å². The first-order valence-electron chi connectivity index (χ1n) is 8.95. The van der Waals surface area contributed by atoms with Crippen molar-refractivity contribution in [3.8, 4) is 0 Å². The first-order valence-corrected chi connectivity index (χ1v) is 8.95. The molecular weight excluding hydrogens is 328 g/mol. The molecule has 0 radical (unpaired) electrons. The first kappa shape index (κ1) is 16.8. The summed E-state index contributed by atoms with van der Waals surface area (Å²) < 4.78 is 11.0. The molecule has 0 aliphatic carbocycles. The quantitative estimate of drug-likeness (QED) is 0.698. The van der Waals surface area contributed by atoms with Gasteiger partial charge in [-0.3, -0.25) is 4.79 Å². The summed E-state index contributed by atoms with van der Waals surface area (Å²) in [5.41, 5.74) is 2.45. The minimum atomic E-state index is -0.0764. The van der Waals surface area contributed by atoms with E-state index in [2.05, 4.69) is 35.5 Å². The molecule has 2 aromatic carbocycles. The van der Waals surface area contributed by atoms with E-state index in [4.69, 9.17) is 9.26 Å². The standard InChI is InChI=1S/C21H22N2O3/c1-14(2)19-13-26-22-20(19)21(24)23-10-17(11-23)25-12-16-8-5-7-15-6-3-4-9-18(15)16/h3-9,13-14,17H,10-12H2,1-2H3. The molecule has 0 N–H and O–H groups in total. The van der Waals surface area contributed by atoms with Crippen LogP contribution in [-0.4, -0.2) is 35.2 Å². The summed E-state index contributed by atoms with van der Waals surface area (Å²) in [4.78, 5) is 14.3. The first-order chi connectivity index (χ1) is 12.6. The van der Waals surface area contributed by atoms with Gasteiger partial charge in [0.05, 0.1) is 12.7 Å². The third-order valence-electron chi connectivity index (χ3n) is 4.91. The Balaban J connectivity index is 1.35. The average molecular weight is 350 g/mol. The fourth-order valence-corrected chi connectivity index (χ4v) is 3.30. The van der Waals surface area contributed by atoms with Gasteiger partial charge in [0.25, 0.3) is 5.91 Å². The van der Waals surface area contributed by atoms with Crippen LogP contribution in [-0.2, 0) is 11.3 Å². The van der Waals surface area contributed by atoms with Crippen LogP contribution in [0.4, 0.5) is 0 Å². The molecule has 1 saturated heterocycles. The summed E-state index contributed by atoms with van der Waals surface area (Å²) in [6.07, 6.45) is 1.62. The van der Waals surface area contributed by atoms with E-state index in [1.165, 1.54) is 16.3 Å². The van der Waals surface area contributed by atoms with Gasteiger partial charge >= 0.3 is 0 Å². The van der Waals surface area contributed by atoms with Crippen LogP contribution in [0.3, 0.4) is 0 Å². The zero-order valence-corrected chi connectivity index (χ0v) is 15.0. The lowest BCUT2D eigenvalue weighted by atomic mass is 10.0. The van der Waals surface area contributed by atoms with Gasteiger partial charge in [-0.25, -0.2) is 0 Å². The van der Waals surface area contributed by atoms with Crippen molar-refractivity contribution >= 4 is 16.7 Å². The Hall–Kier alpha value is -2.66. The van der Waals surface area contributed by atoms with Crippen LogP contribution in [0.15, 0.2) is 53.3 Å². The third-order valence-corrected chi connectivity index (χ3v) is 4.91. The second-order valence-electron chi connectivity index (χ2n) is 7.05. The Morgan fingerprint density at radius 3 is 2.81 bits per heavy atom. The fraction of sp³-hybridized carbons (Fsp3) is 0.333. The molecule has 5 nitrogen and oxygen atoms in total. The highest BCUT2D eigenvalue weighted by Crippen LogP contribution is 2.24. The van der Waals surface area contributed by atoms with E-state index >= 15 is 0 Å². The third kappa shape index (κ3) is 3.10. The van der Waals surface area contributed by atoms with E-state index in [-0.39, 0.29) is 17.9 Å². The molecule has 0 bridgehead atoms. The van der Waals surface area contributed by atoms with Crippen LogP contribution >= 0.6 is 0 Å². The fourth-order valence-electron chi connectivity index (χ4n) is 3.30.